The number of rotatable bonds is 5. The molecule has 0 fully saturated rings. The third-order valence-corrected chi connectivity index (χ3v) is 4.44. The molecule has 0 bridgehead atoms. The Balaban J connectivity index is 2.37. The van der Waals surface area contributed by atoms with Crippen LogP contribution in [0.25, 0.3) is 0 Å². The first-order valence-corrected chi connectivity index (χ1v) is 7.37. The van der Waals surface area contributed by atoms with Gasteiger partial charge in [-0.15, -0.1) is 0 Å². The van der Waals surface area contributed by atoms with Gasteiger partial charge in [-0.05, 0) is 12.1 Å². The van der Waals surface area contributed by atoms with Crippen LogP contribution in [-0.4, -0.2) is 34.8 Å². The monoisotopic (exact) mass is 316 g/mol. The van der Waals surface area contributed by atoms with Gasteiger partial charge in [-0.2, -0.15) is 0 Å². The van der Waals surface area contributed by atoms with Gasteiger partial charge in [-0.3, -0.25) is 0 Å². The molecule has 112 valence electrons. The van der Waals surface area contributed by atoms with Gasteiger partial charge in [0.2, 0.25) is 0 Å². The molecule has 0 aliphatic carbocycles. The molecule has 0 saturated carbocycles. The summed E-state index contributed by atoms with van der Waals surface area (Å²) in [6.07, 6.45) is 4.33. The van der Waals surface area contributed by atoms with Crippen LogP contribution in [0.1, 0.15) is 10.4 Å². The van der Waals surface area contributed by atoms with E-state index in [9.17, 15) is 22.0 Å². The number of carbonyl (C=O) groups is 1. The lowest BCUT2D eigenvalue weighted by molar-refractivity contribution is 0.0696. The highest BCUT2D eigenvalue weighted by molar-refractivity contribution is 7.91. The van der Waals surface area contributed by atoms with E-state index in [4.69, 9.17) is 5.11 Å². The van der Waals surface area contributed by atoms with E-state index in [1.807, 2.05) is 0 Å². The molecule has 0 aliphatic rings. The second-order valence-electron chi connectivity index (χ2n) is 4.19. The van der Waals surface area contributed by atoms with E-state index in [0.717, 1.165) is 0 Å². The van der Waals surface area contributed by atoms with Gasteiger partial charge in [0.25, 0.3) is 0 Å². The maximum atomic E-state index is 13.6. The summed E-state index contributed by atoms with van der Waals surface area (Å²) in [6, 6.07) is 1.05. The van der Waals surface area contributed by atoms with Gasteiger partial charge >= 0.3 is 5.97 Å². The summed E-state index contributed by atoms with van der Waals surface area (Å²) in [4.78, 5) is 13.6. The molecule has 6 nitrogen and oxygen atoms in total. The Kier molecular flexibility index (Phi) is 4.03. The van der Waals surface area contributed by atoms with E-state index in [-0.39, 0.29) is 6.54 Å². The predicted octanol–water partition coefficient (Wildman–Crippen LogP) is 1.33. The fourth-order valence-corrected chi connectivity index (χ4v) is 3.02. The number of benzene rings is 1. The number of aromatic nitrogens is 2. The summed E-state index contributed by atoms with van der Waals surface area (Å²) < 4.78 is 52.5. The smallest absolute Gasteiger partial charge is 0.335 e. The minimum atomic E-state index is -4.17. The van der Waals surface area contributed by atoms with Crippen LogP contribution in [0.3, 0.4) is 0 Å². The predicted molar refractivity (Wildman–Crippen MR) is 67.6 cm³/mol. The Labute approximate surface area is 118 Å². The summed E-state index contributed by atoms with van der Waals surface area (Å²) in [5.74, 6) is -5.15. The van der Waals surface area contributed by atoms with Crippen LogP contribution in [0.2, 0.25) is 0 Å². The topological polar surface area (TPSA) is 89.3 Å². The molecule has 1 aromatic carbocycles. The Hall–Kier alpha value is -2.29. The number of sulfone groups is 1. The first kappa shape index (κ1) is 15.1. The van der Waals surface area contributed by atoms with Crippen molar-refractivity contribution in [3.63, 3.8) is 0 Å². The van der Waals surface area contributed by atoms with Crippen LogP contribution in [0.15, 0.2) is 35.7 Å². The Morgan fingerprint density at radius 3 is 2.62 bits per heavy atom. The van der Waals surface area contributed by atoms with Gasteiger partial charge in [-0.25, -0.2) is 27.0 Å². The normalized spacial score (nSPS) is 11.5. The molecule has 1 aromatic heterocycles. The molecule has 0 radical (unpaired) electrons. The maximum Gasteiger partial charge on any atom is 0.335 e. The maximum absolute atomic E-state index is 13.6. The van der Waals surface area contributed by atoms with Crippen molar-refractivity contribution in [1.82, 2.24) is 9.55 Å². The van der Waals surface area contributed by atoms with Gasteiger partial charge in [0, 0.05) is 18.9 Å². The van der Waals surface area contributed by atoms with Crippen molar-refractivity contribution < 1.29 is 27.1 Å². The number of halogens is 2. The van der Waals surface area contributed by atoms with Crippen molar-refractivity contribution >= 4 is 15.8 Å². The Bertz CT molecular complexity index is 773. The fraction of sp³-hybridized carbons (Fsp3) is 0.167. The number of aromatic carboxylic acids is 1. The molecule has 2 aromatic rings. The summed E-state index contributed by atoms with van der Waals surface area (Å²) in [6.45, 7) is -0.0132. The molecule has 0 amide bonds. The number of hydrogen-bond donors (Lipinski definition) is 1. The van der Waals surface area contributed by atoms with Crippen LogP contribution in [-0.2, 0) is 16.4 Å². The zero-order valence-electron chi connectivity index (χ0n) is 10.5. The highest BCUT2D eigenvalue weighted by Crippen LogP contribution is 2.21. The van der Waals surface area contributed by atoms with Crippen LogP contribution in [0.4, 0.5) is 8.78 Å². The molecule has 0 aliphatic heterocycles. The first-order valence-electron chi connectivity index (χ1n) is 5.72. The first-order chi connectivity index (χ1) is 9.81. The van der Waals surface area contributed by atoms with Crippen LogP contribution in [0, 0.1) is 11.6 Å². The standard InChI is InChI=1S/C12H10F2N2O4S/c13-9-5-8(12(17)18)6-10(11(9)14)21(19,20)4-3-16-2-1-15-7-16/h1-2,5-7H,3-4H2,(H,17,18). The molecule has 0 saturated heterocycles. The zero-order chi connectivity index (χ0) is 15.6. The van der Waals surface area contributed by atoms with Crippen molar-refractivity contribution in [1.29, 1.82) is 0 Å². The highest BCUT2D eigenvalue weighted by Gasteiger charge is 2.24. The number of carboxylic acid groups (broad SMARTS) is 1. The lowest BCUT2D eigenvalue weighted by Gasteiger charge is -2.08. The van der Waals surface area contributed by atoms with Crippen LogP contribution >= 0.6 is 0 Å². The average Bonchev–Trinajstić information content (AvgIpc) is 2.92. The highest BCUT2D eigenvalue weighted by atomic mass is 32.2. The lowest BCUT2D eigenvalue weighted by atomic mass is 10.2. The van der Waals surface area contributed by atoms with Gasteiger partial charge in [0.05, 0.1) is 17.6 Å². The largest absolute Gasteiger partial charge is 0.478 e. The Morgan fingerprint density at radius 1 is 1.33 bits per heavy atom. The number of nitrogens with zero attached hydrogens (tertiary/aromatic N) is 2. The molecule has 0 atom stereocenters. The van der Waals surface area contributed by atoms with E-state index >= 15 is 0 Å². The third kappa shape index (κ3) is 3.24. The van der Waals surface area contributed by atoms with Crippen molar-refractivity contribution in [2.24, 2.45) is 0 Å². The summed E-state index contributed by atoms with van der Waals surface area (Å²) >= 11 is 0. The number of aryl methyl sites for hydroxylation is 1. The van der Waals surface area contributed by atoms with Gasteiger partial charge in [0.15, 0.2) is 21.5 Å². The quantitative estimate of drug-likeness (QED) is 0.899. The van der Waals surface area contributed by atoms with Crippen molar-refractivity contribution in [3.8, 4) is 0 Å². The third-order valence-electron chi connectivity index (χ3n) is 2.75. The van der Waals surface area contributed by atoms with Gasteiger partial charge < -0.3 is 9.67 Å². The summed E-state index contributed by atoms with van der Waals surface area (Å²) in [5, 5.41) is 8.77. The molecule has 9 heteroatoms. The number of imidazole rings is 1. The fourth-order valence-electron chi connectivity index (χ4n) is 1.67. The summed E-state index contributed by atoms with van der Waals surface area (Å²) in [7, 11) is -4.17. The van der Waals surface area contributed by atoms with E-state index in [0.29, 0.717) is 12.1 Å². The number of carboxylic acids is 1. The van der Waals surface area contributed by atoms with Crippen molar-refractivity contribution in [2.45, 2.75) is 11.4 Å². The second-order valence-corrected chi connectivity index (χ2v) is 6.27. The summed E-state index contributed by atoms with van der Waals surface area (Å²) in [5.41, 5.74) is -0.630. The SMILES string of the molecule is O=C(O)c1cc(F)c(F)c(S(=O)(=O)CCn2ccnc2)c1. The average molecular weight is 316 g/mol. The van der Waals surface area contributed by atoms with Crippen LogP contribution < -0.4 is 0 Å². The van der Waals surface area contributed by atoms with E-state index in [1.165, 1.54) is 23.3 Å². The second kappa shape index (κ2) is 5.60. The molecular weight excluding hydrogens is 306 g/mol. The van der Waals surface area contributed by atoms with E-state index < -0.39 is 43.7 Å². The zero-order valence-corrected chi connectivity index (χ0v) is 11.3. The van der Waals surface area contributed by atoms with E-state index in [2.05, 4.69) is 4.98 Å². The van der Waals surface area contributed by atoms with Gasteiger partial charge in [-0.1, -0.05) is 0 Å². The molecule has 1 heterocycles. The molecule has 21 heavy (non-hydrogen) atoms. The lowest BCUT2D eigenvalue weighted by Crippen LogP contribution is -2.15. The molecule has 0 spiro atoms. The Morgan fingerprint density at radius 2 is 2.05 bits per heavy atom. The molecule has 1 N–H and O–H groups in total. The molecule has 2 rings (SSSR count). The minimum Gasteiger partial charge on any atom is -0.478 e. The van der Waals surface area contributed by atoms with Crippen molar-refractivity contribution in [2.75, 3.05) is 5.75 Å². The molecular formula is C12H10F2N2O4S. The number of hydrogen-bond acceptors (Lipinski definition) is 4. The van der Waals surface area contributed by atoms with Crippen molar-refractivity contribution in [3.05, 3.63) is 48.1 Å². The molecule has 0 unspecified atom stereocenters. The van der Waals surface area contributed by atoms with Crippen LogP contribution in [0.5, 0.6) is 0 Å². The van der Waals surface area contributed by atoms with E-state index in [1.54, 1.807) is 0 Å². The van der Waals surface area contributed by atoms with Gasteiger partial charge in [0.1, 0.15) is 4.90 Å². The minimum absolute atomic E-state index is 0.0132.